The van der Waals surface area contributed by atoms with Crippen molar-refractivity contribution in [2.24, 2.45) is 0 Å². The Bertz CT molecular complexity index is 1340. The Morgan fingerprint density at radius 1 is 0.280 bits per heavy atom. The van der Waals surface area contributed by atoms with E-state index in [1.54, 1.807) is 0 Å². The molecule has 6 heteroatoms. The van der Waals surface area contributed by atoms with Gasteiger partial charge in [0.05, 0.1) is 0 Å². The standard InChI is InChI=1S/C69H124O6/c1-4-7-10-13-16-18-20-22-24-26-28-30-32-34-35-36-38-39-41-43-45-47-49-51-53-56-59-62-68(71)74-65-66(64-73-67(70)61-58-55-15-12-9-6-3)75-69(72)63-60-57-54-52-50-48-46-44-42-40-37-33-31-29-27-25-23-21-19-17-14-11-8-5-2/h7,10,16,18,22,24,28,30,34-35,66H,4-6,8-9,11-15,17,19-21,23,25-27,29,31-33,36-65H2,1-3H3/b10-7-,18-16-,24-22-,30-28-,35-34-. The van der Waals surface area contributed by atoms with Crippen molar-refractivity contribution in [3.8, 4) is 0 Å². The van der Waals surface area contributed by atoms with Crippen molar-refractivity contribution in [2.45, 2.75) is 348 Å². The minimum Gasteiger partial charge on any atom is -0.462 e. The molecule has 6 nitrogen and oxygen atoms in total. The van der Waals surface area contributed by atoms with E-state index < -0.39 is 6.10 Å². The first-order chi connectivity index (χ1) is 37.0. The molecule has 0 aromatic rings. The van der Waals surface area contributed by atoms with Crippen LogP contribution < -0.4 is 0 Å². The summed E-state index contributed by atoms with van der Waals surface area (Å²) in [5.74, 6) is -0.865. The molecule has 0 aliphatic rings. The van der Waals surface area contributed by atoms with E-state index in [0.29, 0.717) is 19.3 Å². The summed E-state index contributed by atoms with van der Waals surface area (Å²) >= 11 is 0. The molecular formula is C69H124O6. The Morgan fingerprint density at radius 2 is 0.520 bits per heavy atom. The summed E-state index contributed by atoms with van der Waals surface area (Å²) in [5, 5.41) is 0. The number of hydrogen-bond donors (Lipinski definition) is 0. The summed E-state index contributed by atoms with van der Waals surface area (Å²) in [7, 11) is 0. The summed E-state index contributed by atoms with van der Waals surface area (Å²) in [5.41, 5.74) is 0. The maximum Gasteiger partial charge on any atom is 0.306 e. The van der Waals surface area contributed by atoms with Gasteiger partial charge in [-0.25, -0.2) is 0 Å². The summed E-state index contributed by atoms with van der Waals surface area (Å²) < 4.78 is 16.8. The number of allylic oxidation sites excluding steroid dienone is 10. The van der Waals surface area contributed by atoms with Crippen molar-refractivity contribution in [3.63, 3.8) is 0 Å². The number of esters is 3. The SMILES string of the molecule is CC/C=C\C/C=C\C/C=C\C/C=C\C/C=C\CCCCCCCCCCCCCC(=O)OCC(COC(=O)CCCCCCCC)OC(=O)CCCCCCCCCCCCCCCCCCCCCCCCCC. The number of carbonyl (C=O) groups is 3. The van der Waals surface area contributed by atoms with Gasteiger partial charge in [0, 0.05) is 19.3 Å². The van der Waals surface area contributed by atoms with Crippen LogP contribution in [0.25, 0.3) is 0 Å². The number of ether oxygens (including phenoxy) is 3. The first kappa shape index (κ1) is 72.1. The minimum absolute atomic E-state index is 0.0712. The number of rotatable bonds is 60. The van der Waals surface area contributed by atoms with E-state index in [9.17, 15) is 14.4 Å². The highest BCUT2D eigenvalue weighted by Gasteiger charge is 2.19. The molecule has 0 fully saturated rings. The molecule has 75 heavy (non-hydrogen) atoms. The highest BCUT2D eigenvalue weighted by molar-refractivity contribution is 5.71. The first-order valence-corrected chi connectivity index (χ1v) is 32.8. The fourth-order valence-electron chi connectivity index (χ4n) is 9.65. The monoisotopic (exact) mass is 1050 g/mol. The van der Waals surface area contributed by atoms with E-state index >= 15 is 0 Å². The largest absolute Gasteiger partial charge is 0.462 e. The lowest BCUT2D eigenvalue weighted by Crippen LogP contribution is -2.30. The molecule has 0 spiro atoms. The minimum atomic E-state index is -0.770. The molecule has 1 unspecified atom stereocenters. The smallest absolute Gasteiger partial charge is 0.306 e. The summed E-state index contributed by atoms with van der Waals surface area (Å²) in [6, 6.07) is 0. The molecule has 0 amide bonds. The molecule has 0 aliphatic carbocycles. The molecule has 0 heterocycles. The van der Waals surface area contributed by atoms with Crippen LogP contribution in [0, 0.1) is 0 Å². The Labute approximate surface area is 466 Å². The van der Waals surface area contributed by atoms with Gasteiger partial charge < -0.3 is 14.2 Å². The van der Waals surface area contributed by atoms with Crippen LogP contribution in [0.1, 0.15) is 342 Å². The maximum absolute atomic E-state index is 12.9. The second-order valence-corrected chi connectivity index (χ2v) is 22.0. The molecule has 0 saturated heterocycles. The molecule has 0 radical (unpaired) electrons. The first-order valence-electron chi connectivity index (χ1n) is 32.8. The van der Waals surface area contributed by atoms with Gasteiger partial charge >= 0.3 is 17.9 Å². The third kappa shape index (κ3) is 61.8. The normalized spacial score (nSPS) is 12.4. The molecule has 0 aromatic heterocycles. The van der Waals surface area contributed by atoms with Gasteiger partial charge in [-0.05, 0) is 64.2 Å². The Morgan fingerprint density at radius 3 is 0.813 bits per heavy atom. The van der Waals surface area contributed by atoms with Crippen LogP contribution >= 0.6 is 0 Å². The van der Waals surface area contributed by atoms with Crippen molar-refractivity contribution in [2.75, 3.05) is 13.2 Å². The molecule has 0 bridgehead atoms. The zero-order valence-corrected chi connectivity index (χ0v) is 50.1. The predicted octanol–water partition coefficient (Wildman–Crippen LogP) is 22.3. The fraction of sp³-hybridized carbons (Fsp3) is 0.812. The zero-order chi connectivity index (χ0) is 54.3. The summed E-state index contributed by atoms with van der Waals surface area (Å²) in [6.07, 6.45) is 81.3. The van der Waals surface area contributed by atoms with Crippen molar-refractivity contribution >= 4 is 17.9 Å². The highest BCUT2D eigenvalue weighted by Crippen LogP contribution is 2.18. The van der Waals surface area contributed by atoms with E-state index in [-0.39, 0.29) is 31.1 Å². The number of hydrogen-bond acceptors (Lipinski definition) is 6. The third-order valence-corrected chi connectivity index (χ3v) is 14.5. The molecule has 0 N–H and O–H groups in total. The molecule has 1 atom stereocenters. The van der Waals surface area contributed by atoms with Crippen molar-refractivity contribution in [1.29, 1.82) is 0 Å². The topological polar surface area (TPSA) is 78.9 Å². The zero-order valence-electron chi connectivity index (χ0n) is 50.1. The summed E-state index contributed by atoms with van der Waals surface area (Å²) in [4.78, 5) is 38.0. The van der Waals surface area contributed by atoms with Gasteiger partial charge in [-0.2, -0.15) is 0 Å². The molecular weight excluding hydrogens is 925 g/mol. The summed E-state index contributed by atoms with van der Waals surface area (Å²) in [6.45, 7) is 6.52. The average Bonchev–Trinajstić information content (AvgIpc) is 3.41. The fourth-order valence-corrected chi connectivity index (χ4v) is 9.65. The van der Waals surface area contributed by atoms with Crippen LogP contribution in [-0.4, -0.2) is 37.2 Å². The Hall–Kier alpha value is -2.89. The Kier molecular flexibility index (Phi) is 61.2. The maximum atomic E-state index is 12.9. The predicted molar refractivity (Wildman–Crippen MR) is 325 cm³/mol. The molecule has 0 aromatic carbocycles. The second-order valence-electron chi connectivity index (χ2n) is 22.0. The van der Waals surface area contributed by atoms with E-state index in [1.807, 2.05) is 0 Å². The van der Waals surface area contributed by atoms with Gasteiger partial charge in [0.25, 0.3) is 0 Å². The Balaban J connectivity index is 4.05. The van der Waals surface area contributed by atoms with Gasteiger partial charge in [-0.3, -0.25) is 14.4 Å². The van der Waals surface area contributed by atoms with E-state index in [4.69, 9.17) is 14.2 Å². The van der Waals surface area contributed by atoms with Crippen molar-refractivity contribution < 1.29 is 28.6 Å². The van der Waals surface area contributed by atoms with Gasteiger partial charge in [0.15, 0.2) is 6.10 Å². The van der Waals surface area contributed by atoms with Crippen molar-refractivity contribution in [3.05, 3.63) is 60.8 Å². The van der Waals surface area contributed by atoms with E-state index in [1.165, 1.54) is 212 Å². The molecule has 0 saturated carbocycles. The average molecular weight is 1050 g/mol. The van der Waals surface area contributed by atoms with Gasteiger partial charge in [0.2, 0.25) is 0 Å². The van der Waals surface area contributed by atoms with E-state index in [2.05, 4.69) is 81.5 Å². The number of unbranched alkanes of at least 4 members (excludes halogenated alkanes) is 39. The van der Waals surface area contributed by atoms with Crippen LogP contribution in [0.15, 0.2) is 60.8 Å². The third-order valence-electron chi connectivity index (χ3n) is 14.5. The lowest BCUT2D eigenvalue weighted by molar-refractivity contribution is -0.167. The lowest BCUT2D eigenvalue weighted by Gasteiger charge is -2.18. The van der Waals surface area contributed by atoms with Crippen LogP contribution in [0.4, 0.5) is 0 Å². The number of carbonyl (C=O) groups excluding carboxylic acids is 3. The van der Waals surface area contributed by atoms with Crippen molar-refractivity contribution in [1.82, 2.24) is 0 Å². The van der Waals surface area contributed by atoms with E-state index in [0.717, 1.165) is 89.9 Å². The second kappa shape index (κ2) is 63.6. The molecule has 0 aliphatic heterocycles. The molecule has 0 rings (SSSR count). The van der Waals surface area contributed by atoms with Gasteiger partial charge in [-0.15, -0.1) is 0 Å². The lowest BCUT2D eigenvalue weighted by atomic mass is 10.0. The van der Waals surface area contributed by atoms with Gasteiger partial charge in [0.1, 0.15) is 13.2 Å². The van der Waals surface area contributed by atoms with Gasteiger partial charge in [-0.1, -0.05) is 319 Å². The van der Waals surface area contributed by atoms with Crippen LogP contribution in [-0.2, 0) is 28.6 Å². The van der Waals surface area contributed by atoms with Crippen LogP contribution in [0.5, 0.6) is 0 Å². The molecule has 436 valence electrons. The van der Waals surface area contributed by atoms with Crippen LogP contribution in [0.2, 0.25) is 0 Å². The quantitative estimate of drug-likeness (QED) is 0.0261. The van der Waals surface area contributed by atoms with Crippen LogP contribution in [0.3, 0.4) is 0 Å². The highest BCUT2D eigenvalue weighted by atomic mass is 16.6.